The SMILES string of the molecule is CCCNC1CCN(CC(=O)NCC)CC1CC. The van der Waals surface area contributed by atoms with Gasteiger partial charge in [-0.3, -0.25) is 9.69 Å². The lowest BCUT2D eigenvalue weighted by Crippen LogP contribution is -2.51. The van der Waals surface area contributed by atoms with E-state index in [0.29, 0.717) is 18.5 Å². The number of amides is 1. The predicted molar refractivity (Wildman–Crippen MR) is 75.6 cm³/mol. The summed E-state index contributed by atoms with van der Waals surface area (Å²) >= 11 is 0. The lowest BCUT2D eigenvalue weighted by molar-refractivity contribution is -0.122. The van der Waals surface area contributed by atoms with Gasteiger partial charge in [0.25, 0.3) is 0 Å². The molecule has 1 rings (SSSR count). The van der Waals surface area contributed by atoms with Crippen molar-refractivity contribution in [3.05, 3.63) is 0 Å². The first-order valence-corrected chi connectivity index (χ1v) is 7.43. The minimum absolute atomic E-state index is 0.160. The van der Waals surface area contributed by atoms with E-state index in [1.165, 1.54) is 12.8 Å². The fourth-order valence-electron chi connectivity index (χ4n) is 2.72. The Kier molecular flexibility index (Phi) is 7.28. The Balaban J connectivity index is 2.37. The van der Waals surface area contributed by atoms with Crippen LogP contribution in [0.25, 0.3) is 0 Å². The first-order valence-electron chi connectivity index (χ1n) is 7.43. The topological polar surface area (TPSA) is 44.4 Å². The van der Waals surface area contributed by atoms with E-state index in [2.05, 4.69) is 29.4 Å². The summed E-state index contributed by atoms with van der Waals surface area (Å²) < 4.78 is 0. The average Bonchev–Trinajstić information content (AvgIpc) is 2.37. The number of hydrogen-bond acceptors (Lipinski definition) is 3. The van der Waals surface area contributed by atoms with Crippen LogP contribution in [0.4, 0.5) is 0 Å². The number of hydrogen-bond donors (Lipinski definition) is 2. The third-order valence-electron chi connectivity index (χ3n) is 3.74. The molecule has 1 heterocycles. The molecule has 1 aliphatic rings. The number of likely N-dealkylation sites (tertiary alicyclic amines) is 1. The molecule has 4 heteroatoms. The highest BCUT2D eigenvalue weighted by molar-refractivity contribution is 5.77. The number of piperidine rings is 1. The Hall–Kier alpha value is -0.610. The number of likely N-dealkylation sites (N-methyl/N-ethyl adjacent to an activating group) is 1. The number of nitrogens with zero attached hydrogens (tertiary/aromatic N) is 1. The zero-order chi connectivity index (χ0) is 13.4. The standard InChI is InChI=1S/C14H29N3O/c1-4-8-16-13-7-9-17(10-12(13)5-2)11-14(18)15-6-3/h12-13,16H,4-11H2,1-3H3,(H,15,18). The van der Waals surface area contributed by atoms with Gasteiger partial charge in [0.1, 0.15) is 0 Å². The maximum Gasteiger partial charge on any atom is 0.234 e. The summed E-state index contributed by atoms with van der Waals surface area (Å²) in [5.41, 5.74) is 0. The summed E-state index contributed by atoms with van der Waals surface area (Å²) in [7, 11) is 0. The molecule has 1 saturated heterocycles. The van der Waals surface area contributed by atoms with Crippen LogP contribution >= 0.6 is 0 Å². The largest absolute Gasteiger partial charge is 0.355 e. The van der Waals surface area contributed by atoms with E-state index in [4.69, 9.17) is 0 Å². The van der Waals surface area contributed by atoms with Crippen LogP contribution in [0.3, 0.4) is 0 Å². The highest BCUT2D eigenvalue weighted by atomic mass is 16.2. The summed E-state index contributed by atoms with van der Waals surface area (Å²) in [6.45, 7) is 10.9. The lowest BCUT2D eigenvalue weighted by Gasteiger charge is -2.38. The average molecular weight is 255 g/mol. The Labute approximate surface area is 111 Å². The van der Waals surface area contributed by atoms with Gasteiger partial charge in [-0.1, -0.05) is 20.3 Å². The van der Waals surface area contributed by atoms with Crippen molar-refractivity contribution < 1.29 is 4.79 Å². The number of nitrogens with one attached hydrogen (secondary N) is 2. The smallest absolute Gasteiger partial charge is 0.234 e. The van der Waals surface area contributed by atoms with Crippen LogP contribution in [0.5, 0.6) is 0 Å². The molecular formula is C14H29N3O. The molecule has 2 atom stereocenters. The quantitative estimate of drug-likeness (QED) is 0.719. The van der Waals surface area contributed by atoms with Gasteiger partial charge in [-0.15, -0.1) is 0 Å². The Morgan fingerprint density at radius 3 is 2.72 bits per heavy atom. The van der Waals surface area contributed by atoms with Gasteiger partial charge in [0.05, 0.1) is 6.54 Å². The normalized spacial score (nSPS) is 25.1. The van der Waals surface area contributed by atoms with Gasteiger partial charge in [0, 0.05) is 25.7 Å². The van der Waals surface area contributed by atoms with E-state index < -0.39 is 0 Å². The summed E-state index contributed by atoms with van der Waals surface area (Å²) in [6, 6.07) is 0.639. The molecule has 1 amide bonds. The molecule has 1 fully saturated rings. The van der Waals surface area contributed by atoms with E-state index >= 15 is 0 Å². The molecule has 2 unspecified atom stereocenters. The Morgan fingerprint density at radius 1 is 1.33 bits per heavy atom. The second-order valence-electron chi connectivity index (χ2n) is 5.21. The van der Waals surface area contributed by atoms with E-state index in [1.54, 1.807) is 0 Å². The van der Waals surface area contributed by atoms with E-state index in [1.807, 2.05) is 6.92 Å². The predicted octanol–water partition coefficient (Wildman–Crippen LogP) is 1.22. The maximum absolute atomic E-state index is 11.6. The van der Waals surface area contributed by atoms with Crippen LogP contribution in [0.1, 0.15) is 40.0 Å². The molecule has 0 bridgehead atoms. The van der Waals surface area contributed by atoms with E-state index in [9.17, 15) is 4.79 Å². The highest BCUT2D eigenvalue weighted by Gasteiger charge is 2.28. The van der Waals surface area contributed by atoms with Gasteiger partial charge in [-0.05, 0) is 32.2 Å². The minimum atomic E-state index is 0.160. The highest BCUT2D eigenvalue weighted by Crippen LogP contribution is 2.20. The molecule has 0 spiro atoms. The van der Waals surface area contributed by atoms with Crippen molar-refractivity contribution in [2.24, 2.45) is 5.92 Å². The van der Waals surface area contributed by atoms with Crippen molar-refractivity contribution in [2.45, 2.75) is 46.1 Å². The van der Waals surface area contributed by atoms with Gasteiger partial charge in [-0.25, -0.2) is 0 Å². The molecular weight excluding hydrogens is 226 g/mol. The van der Waals surface area contributed by atoms with Crippen molar-refractivity contribution in [3.8, 4) is 0 Å². The van der Waals surface area contributed by atoms with Gasteiger partial charge in [0.15, 0.2) is 0 Å². The lowest BCUT2D eigenvalue weighted by atomic mass is 9.90. The van der Waals surface area contributed by atoms with Crippen LogP contribution in [0.15, 0.2) is 0 Å². The van der Waals surface area contributed by atoms with Gasteiger partial charge >= 0.3 is 0 Å². The molecule has 0 aromatic heterocycles. The van der Waals surface area contributed by atoms with Crippen LogP contribution in [0.2, 0.25) is 0 Å². The van der Waals surface area contributed by atoms with Crippen LogP contribution in [0, 0.1) is 5.92 Å². The minimum Gasteiger partial charge on any atom is -0.355 e. The Morgan fingerprint density at radius 2 is 2.11 bits per heavy atom. The van der Waals surface area contributed by atoms with Gasteiger partial charge in [0.2, 0.25) is 5.91 Å². The van der Waals surface area contributed by atoms with Crippen molar-refractivity contribution in [1.82, 2.24) is 15.5 Å². The fraction of sp³-hybridized carbons (Fsp3) is 0.929. The van der Waals surface area contributed by atoms with E-state index in [0.717, 1.165) is 32.6 Å². The molecule has 18 heavy (non-hydrogen) atoms. The Bertz CT molecular complexity index is 245. The molecule has 1 aliphatic heterocycles. The van der Waals surface area contributed by atoms with Gasteiger partial charge in [-0.2, -0.15) is 0 Å². The fourth-order valence-corrected chi connectivity index (χ4v) is 2.72. The first-order chi connectivity index (χ1) is 8.71. The van der Waals surface area contributed by atoms with Crippen molar-refractivity contribution >= 4 is 5.91 Å². The monoisotopic (exact) mass is 255 g/mol. The molecule has 0 radical (unpaired) electrons. The van der Waals surface area contributed by atoms with Crippen molar-refractivity contribution in [3.63, 3.8) is 0 Å². The molecule has 0 aromatic rings. The number of carbonyl (C=O) groups is 1. The maximum atomic E-state index is 11.6. The van der Waals surface area contributed by atoms with Crippen molar-refractivity contribution in [2.75, 3.05) is 32.7 Å². The summed E-state index contributed by atoms with van der Waals surface area (Å²) in [5.74, 6) is 0.840. The summed E-state index contributed by atoms with van der Waals surface area (Å²) in [5, 5.41) is 6.52. The molecule has 0 aromatic carbocycles. The van der Waals surface area contributed by atoms with Crippen LogP contribution < -0.4 is 10.6 Å². The first kappa shape index (κ1) is 15.4. The van der Waals surface area contributed by atoms with Crippen LogP contribution in [-0.2, 0) is 4.79 Å². The van der Waals surface area contributed by atoms with Crippen LogP contribution in [-0.4, -0.2) is 49.6 Å². The summed E-state index contributed by atoms with van der Waals surface area (Å²) in [4.78, 5) is 13.9. The van der Waals surface area contributed by atoms with Gasteiger partial charge < -0.3 is 10.6 Å². The zero-order valence-corrected chi connectivity index (χ0v) is 12.2. The second kappa shape index (κ2) is 8.48. The van der Waals surface area contributed by atoms with Crippen molar-refractivity contribution in [1.29, 1.82) is 0 Å². The third kappa shape index (κ3) is 4.94. The molecule has 4 nitrogen and oxygen atoms in total. The summed E-state index contributed by atoms with van der Waals surface area (Å²) in [6.07, 6.45) is 3.54. The second-order valence-corrected chi connectivity index (χ2v) is 5.21. The zero-order valence-electron chi connectivity index (χ0n) is 12.2. The number of rotatable bonds is 7. The molecule has 2 N–H and O–H groups in total. The van der Waals surface area contributed by atoms with E-state index in [-0.39, 0.29) is 5.91 Å². The molecule has 0 saturated carbocycles. The third-order valence-corrected chi connectivity index (χ3v) is 3.74. The molecule has 0 aliphatic carbocycles. The molecule has 106 valence electrons. The number of carbonyl (C=O) groups excluding carboxylic acids is 1.